The van der Waals surface area contributed by atoms with Crippen molar-refractivity contribution < 1.29 is 9.53 Å². The topological polar surface area (TPSA) is 32.8 Å². The first-order valence-corrected chi connectivity index (χ1v) is 12.8. The molecule has 0 aromatic heterocycles. The number of benzene rings is 1. The SMILES string of the molecule is CCc1cccc(N(C(=O)OC2CCN(C)CC2)[Si](C)(C)C(C)(C)C)c1. The number of rotatable bonds is 4. The number of aryl methyl sites for hydroxylation is 1. The maximum Gasteiger partial charge on any atom is 0.406 e. The van der Waals surface area contributed by atoms with Gasteiger partial charge in [-0.25, -0.2) is 4.79 Å². The summed E-state index contributed by atoms with van der Waals surface area (Å²) in [5, 5.41) is 0.0427. The van der Waals surface area contributed by atoms with Gasteiger partial charge in [0.05, 0.1) is 0 Å². The molecular formula is C21H36N2O2Si. The van der Waals surface area contributed by atoms with Crippen molar-refractivity contribution in [1.29, 1.82) is 0 Å². The van der Waals surface area contributed by atoms with E-state index in [0.29, 0.717) is 0 Å². The molecule has 1 fully saturated rings. The van der Waals surface area contributed by atoms with Gasteiger partial charge in [0, 0.05) is 18.8 Å². The van der Waals surface area contributed by atoms with E-state index in [-0.39, 0.29) is 17.2 Å². The molecule has 1 heterocycles. The van der Waals surface area contributed by atoms with E-state index in [0.717, 1.165) is 38.0 Å². The van der Waals surface area contributed by atoms with Crippen LogP contribution < -0.4 is 4.57 Å². The van der Waals surface area contributed by atoms with E-state index in [9.17, 15) is 4.79 Å². The zero-order valence-electron chi connectivity index (χ0n) is 17.6. The Morgan fingerprint density at radius 1 is 1.27 bits per heavy atom. The number of hydrogen-bond acceptors (Lipinski definition) is 3. The Morgan fingerprint density at radius 2 is 1.88 bits per heavy atom. The van der Waals surface area contributed by atoms with Crippen LogP contribution in [0.2, 0.25) is 18.1 Å². The number of ether oxygens (including phenoxy) is 1. The summed E-state index contributed by atoms with van der Waals surface area (Å²) in [6, 6.07) is 8.37. The first kappa shape index (κ1) is 21.0. The second kappa shape index (κ2) is 8.13. The van der Waals surface area contributed by atoms with E-state index in [1.54, 1.807) is 0 Å². The van der Waals surface area contributed by atoms with Crippen molar-refractivity contribution in [2.45, 2.75) is 71.2 Å². The molecule has 4 nitrogen and oxygen atoms in total. The smallest absolute Gasteiger partial charge is 0.406 e. The summed E-state index contributed by atoms with van der Waals surface area (Å²) in [4.78, 5) is 15.6. The molecule has 1 aliphatic rings. The third-order valence-electron chi connectivity index (χ3n) is 6.09. The quantitative estimate of drug-likeness (QED) is 0.669. The van der Waals surface area contributed by atoms with Crippen LogP contribution in [0.1, 0.15) is 46.1 Å². The average Bonchev–Trinajstić information content (AvgIpc) is 2.56. The van der Waals surface area contributed by atoms with E-state index in [1.807, 2.05) is 4.57 Å². The monoisotopic (exact) mass is 376 g/mol. The van der Waals surface area contributed by atoms with Gasteiger partial charge in [-0.15, -0.1) is 0 Å². The molecular weight excluding hydrogens is 340 g/mol. The molecule has 0 spiro atoms. The summed E-state index contributed by atoms with van der Waals surface area (Å²) in [6.45, 7) is 15.4. The Labute approximate surface area is 160 Å². The van der Waals surface area contributed by atoms with Gasteiger partial charge in [-0.2, -0.15) is 0 Å². The third-order valence-corrected chi connectivity index (χ3v) is 11.3. The van der Waals surface area contributed by atoms with Crippen molar-refractivity contribution in [2.75, 3.05) is 24.7 Å². The Morgan fingerprint density at radius 3 is 2.42 bits per heavy atom. The highest BCUT2D eigenvalue weighted by Crippen LogP contribution is 2.41. The fraction of sp³-hybridized carbons (Fsp3) is 0.667. The number of carbonyl (C=O) groups is 1. The van der Waals surface area contributed by atoms with Gasteiger partial charge >= 0.3 is 6.09 Å². The van der Waals surface area contributed by atoms with E-state index in [1.165, 1.54) is 5.56 Å². The minimum atomic E-state index is -2.12. The molecule has 0 bridgehead atoms. The van der Waals surface area contributed by atoms with Crippen LogP contribution in [0.15, 0.2) is 24.3 Å². The summed E-state index contributed by atoms with van der Waals surface area (Å²) in [7, 11) is -0.00234. The fourth-order valence-electron chi connectivity index (χ4n) is 3.21. The van der Waals surface area contributed by atoms with Gasteiger partial charge < -0.3 is 14.2 Å². The van der Waals surface area contributed by atoms with Crippen molar-refractivity contribution >= 4 is 20.0 Å². The predicted octanol–water partition coefficient (Wildman–Crippen LogP) is 5.29. The average molecular weight is 377 g/mol. The second-order valence-corrected chi connectivity index (χ2v) is 14.1. The molecule has 1 amide bonds. The van der Waals surface area contributed by atoms with Crippen molar-refractivity contribution in [1.82, 2.24) is 4.90 Å². The van der Waals surface area contributed by atoms with Crippen LogP contribution in [-0.2, 0) is 11.2 Å². The molecule has 0 N–H and O–H groups in total. The first-order chi connectivity index (χ1) is 12.1. The minimum absolute atomic E-state index is 0.0281. The normalized spacial score (nSPS) is 17.2. The number of nitrogens with zero attached hydrogens (tertiary/aromatic N) is 2. The van der Waals surface area contributed by atoms with Crippen LogP contribution in [0.3, 0.4) is 0 Å². The van der Waals surface area contributed by atoms with Gasteiger partial charge in [-0.3, -0.25) is 0 Å². The summed E-state index contributed by atoms with van der Waals surface area (Å²) in [5.74, 6) is 0. The number of anilines is 1. The molecule has 1 saturated heterocycles. The summed E-state index contributed by atoms with van der Waals surface area (Å²) in [5.41, 5.74) is 2.23. The van der Waals surface area contributed by atoms with E-state index >= 15 is 0 Å². The number of hydrogen-bond donors (Lipinski definition) is 0. The van der Waals surface area contributed by atoms with Gasteiger partial charge in [-0.1, -0.05) is 52.9 Å². The van der Waals surface area contributed by atoms with E-state index in [2.05, 4.69) is 77.0 Å². The van der Waals surface area contributed by atoms with Gasteiger partial charge in [0.15, 0.2) is 8.24 Å². The lowest BCUT2D eigenvalue weighted by atomic mass is 10.1. The number of carbonyl (C=O) groups excluding carboxylic acids is 1. The molecule has 0 saturated carbocycles. The maximum absolute atomic E-state index is 13.3. The van der Waals surface area contributed by atoms with Gasteiger partial charge in [0.1, 0.15) is 6.10 Å². The Balaban J connectivity index is 2.32. The van der Waals surface area contributed by atoms with E-state index in [4.69, 9.17) is 4.74 Å². The van der Waals surface area contributed by atoms with Crippen LogP contribution in [0, 0.1) is 0 Å². The molecule has 146 valence electrons. The molecule has 0 radical (unpaired) electrons. The maximum atomic E-state index is 13.3. The number of piperidine rings is 1. The first-order valence-electron chi connectivity index (χ1n) is 9.84. The summed E-state index contributed by atoms with van der Waals surface area (Å²) in [6.07, 6.45) is 2.66. The molecule has 2 rings (SSSR count). The Bertz CT molecular complexity index is 617. The third kappa shape index (κ3) is 4.68. The molecule has 5 heteroatoms. The lowest BCUT2D eigenvalue weighted by Crippen LogP contribution is -2.58. The fourth-order valence-corrected chi connectivity index (χ4v) is 5.17. The summed E-state index contributed by atoms with van der Waals surface area (Å²) < 4.78 is 8.01. The van der Waals surface area contributed by atoms with Gasteiger partial charge in [0.25, 0.3) is 0 Å². The van der Waals surface area contributed by atoms with Crippen molar-refractivity contribution in [2.24, 2.45) is 0 Å². The van der Waals surface area contributed by atoms with Crippen molar-refractivity contribution in [3.8, 4) is 0 Å². The molecule has 0 aliphatic carbocycles. The molecule has 0 atom stereocenters. The lowest BCUT2D eigenvalue weighted by Gasteiger charge is -2.45. The highest BCUT2D eigenvalue weighted by molar-refractivity contribution is 6.86. The minimum Gasteiger partial charge on any atom is -0.446 e. The highest BCUT2D eigenvalue weighted by atomic mass is 28.3. The number of likely N-dealkylation sites (tertiary alicyclic amines) is 1. The Kier molecular flexibility index (Phi) is 6.56. The molecule has 1 aliphatic heterocycles. The standard InChI is InChI=1S/C21H36N2O2Si/c1-8-17-10-9-11-18(16-17)23(26(6,7)21(2,3)4)20(24)25-19-12-14-22(5)15-13-19/h9-11,16,19H,8,12-15H2,1-7H3. The Hall–Kier alpha value is -1.33. The molecule has 0 unspecified atom stereocenters. The van der Waals surface area contributed by atoms with Crippen LogP contribution >= 0.6 is 0 Å². The predicted molar refractivity (Wildman–Crippen MR) is 112 cm³/mol. The molecule has 1 aromatic rings. The number of amides is 1. The van der Waals surface area contributed by atoms with Crippen LogP contribution in [0.4, 0.5) is 10.5 Å². The van der Waals surface area contributed by atoms with Crippen LogP contribution in [0.5, 0.6) is 0 Å². The van der Waals surface area contributed by atoms with Crippen molar-refractivity contribution in [3.05, 3.63) is 29.8 Å². The largest absolute Gasteiger partial charge is 0.446 e. The summed E-state index contributed by atoms with van der Waals surface area (Å²) >= 11 is 0. The van der Waals surface area contributed by atoms with E-state index < -0.39 is 8.24 Å². The van der Waals surface area contributed by atoms with Gasteiger partial charge in [-0.05, 0) is 49.0 Å². The van der Waals surface area contributed by atoms with Crippen LogP contribution in [0.25, 0.3) is 0 Å². The highest BCUT2D eigenvalue weighted by Gasteiger charge is 2.45. The second-order valence-electron chi connectivity index (χ2n) is 9.05. The lowest BCUT2D eigenvalue weighted by molar-refractivity contribution is 0.0635. The zero-order valence-corrected chi connectivity index (χ0v) is 18.6. The van der Waals surface area contributed by atoms with Crippen LogP contribution in [-0.4, -0.2) is 45.5 Å². The molecule has 1 aromatic carbocycles. The van der Waals surface area contributed by atoms with Gasteiger partial charge in [0.2, 0.25) is 0 Å². The zero-order chi connectivity index (χ0) is 19.5. The van der Waals surface area contributed by atoms with Crippen molar-refractivity contribution in [3.63, 3.8) is 0 Å². The molecule has 26 heavy (non-hydrogen) atoms.